The van der Waals surface area contributed by atoms with Crippen LogP contribution < -0.4 is 5.32 Å². The minimum atomic E-state index is -0.258. The summed E-state index contributed by atoms with van der Waals surface area (Å²) < 4.78 is 1.74. The normalized spacial score (nSPS) is 12.2. The van der Waals surface area contributed by atoms with Gasteiger partial charge in [-0.05, 0) is 32.9 Å². The molecule has 6 heteroatoms. The van der Waals surface area contributed by atoms with Gasteiger partial charge in [0.15, 0.2) is 0 Å². The summed E-state index contributed by atoms with van der Waals surface area (Å²) in [6, 6.07) is 4.63. The maximum Gasteiger partial charge on any atom is 0.252 e. The number of aromatic hydroxyl groups is 1. The number of nitrogens with zero attached hydrogens (tertiary/aromatic N) is 3. The molecular weight excluding hydrogens is 256 g/mol. The Labute approximate surface area is 117 Å². The number of hydrogen-bond donors (Lipinski definition) is 2. The Morgan fingerprint density at radius 3 is 2.95 bits per heavy atom. The number of aryl methyl sites for hydroxylation is 1. The van der Waals surface area contributed by atoms with Crippen LogP contribution in [0, 0.1) is 6.92 Å². The molecule has 20 heavy (non-hydrogen) atoms. The lowest BCUT2D eigenvalue weighted by molar-refractivity contribution is 0.0936. The van der Waals surface area contributed by atoms with E-state index in [4.69, 9.17) is 0 Å². The molecule has 0 aliphatic rings. The molecule has 0 saturated heterocycles. The lowest BCUT2D eigenvalue weighted by Crippen LogP contribution is -2.29. The van der Waals surface area contributed by atoms with Gasteiger partial charge in [-0.25, -0.2) is 9.67 Å². The summed E-state index contributed by atoms with van der Waals surface area (Å²) in [5.74, 6) is 0.581. The first-order chi connectivity index (χ1) is 9.54. The van der Waals surface area contributed by atoms with Crippen LogP contribution in [-0.4, -0.2) is 25.8 Å². The lowest BCUT2D eigenvalue weighted by Gasteiger charge is -2.15. The molecule has 6 nitrogen and oxygen atoms in total. The molecule has 2 N–H and O–H groups in total. The summed E-state index contributed by atoms with van der Waals surface area (Å²) in [7, 11) is 0. The standard InChI is InChI=1S/C14H18N4O2/c1-4-18-13(15-8-16-18)10(3)17-14(20)11-6-5-7-12(19)9(11)2/h5-8,10,19H,4H2,1-3H3,(H,17,20)/t10-/m0/s1. The van der Waals surface area contributed by atoms with Crippen LogP contribution >= 0.6 is 0 Å². The van der Waals surface area contributed by atoms with E-state index in [1.165, 1.54) is 6.33 Å². The second-order valence-corrected chi connectivity index (χ2v) is 4.58. The number of rotatable bonds is 4. The maximum atomic E-state index is 12.2. The Balaban J connectivity index is 2.17. The first kappa shape index (κ1) is 14.0. The number of hydrogen-bond acceptors (Lipinski definition) is 4. The van der Waals surface area contributed by atoms with Gasteiger partial charge in [-0.3, -0.25) is 4.79 Å². The van der Waals surface area contributed by atoms with Crippen molar-refractivity contribution in [2.75, 3.05) is 0 Å². The van der Waals surface area contributed by atoms with Gasteiger partial charge in [0, 0.05) is 17.7 Å². The molecule has 0 radical (unpaired) electrons. The van der Waals surface area contributed by atoms with Crippen molar-refractivity contribution in [1.29, 1.82) is 0 Å². The highest BCUT2D eigenvalue weighted by atomic mass is 16.3. The minimum absolute atomic E-state index is 0.113. The van der Waals surface area contributed by atoms with E-state index in [2.05, 4.69) is 15.4 Å². The van der Waals surface area contributed by atoms with E-state index >= 15 is 0 Å². The van der Waals surface area contributed by atoms with Gasteiger partial charge >= 0.3 is 0 Å². The van der Waals surface area contributed by atoms with Crippen molar-refractivity contribution in [2.24, 2.45) is 0 Å². The summed E-state index contributed by atoms with van der Waals surface area (Å²) in [5.41, 5.74) is 1.02. The van der Waals surface area contributed by atoms with E-state index in [-0.39, 0.29) is 17.7 Å². The zero-order valence-corrected chi connectivity index (χ0v) is 11.8. The molecule has 1 heterocycles. The van der Waals surface area contributed by atoms with E-state index in [1.807, 2.05) is 13.8 Å². The van der Waals surface area contributed by atoms with Gasteiger partial charge < -0.3 is 10.4 Å². The molecule has 1 atom stereocenters. The summed E-state index contributed by atoms with van der Waals surface area (Å²) in [5, 5.41) is 16.6. The van der Waals surface area contributed by atoms with Crippen molar-refractivity contribution in [3.8, 4) is 5.75 Å². The average molecular weight is 274 g/mol. The molecule has 0 fully saturated rings. The molecule has 0 aliphatic heterocycles. The van der Waals surface area contributed by atoms with Gasteiger partial charge in [0.2, 0.25) is 0 Å². The molecule has 0 bridgehead atoms. The van der Waals surface area contributed by atoms with Crippen LogP contribution in [0.2, 0.25) is 0 Å². The monoisotopic (exact) mass is 274 g/mol. The number of carbonyl (C=O) groups excluding carboxylic acids is 1. The average Bonchev–Trinajstić information content (AvgIpc) is 2.90. The van der Waals surface area contributed by atoms with Crippen LogP contribution in [0.3, 0.4) is 0 Å². The fourth-order valence-corrected chi connectivity index (χ4v) is 2.06. The van der Waals surface area contributed by atoms with Crippen LogP contribution in [0.5, 0.6) is 5.75 Å². The third-order valence-electron chi connectivity index (χ3n) is 3.23. The predicted octanol–water partition coefficient (Wildman–Crippen LogP) is 1.80. The van der Waals surface area contributed by atoms with E-state index in [9.17, 15) is 9.90 Å². The number of aromatic nitrogens is 3. The number of carbonyl (C=O) groups is 1. The number of nitrogens with one attached hydrogen (secondary N) is 1. The Kier molecular flexibility index (Phi) is 4.02. The van der Waals surface area contributed by atoms with Crippen LogP contribution in [0.25, 0.3) is 0 Å². The summed E-state index contributed by atoms with van der Waals surface area (Å²) in [6.07, 6.45) is 1.47. The van der Waals surface area contributed by atoms with Crippen LogP contribution in [0.4, 0.5) is 0 Å². The summed E-state index contributed by atoms with van der Waals surface area (Å²) in [4.78, 5) is 16.4. The number of phenolic OH excluding ortho intramolecular Hbond substituents is 1. The van der Waals surface area contributed by atoms with Gasteiger partial charge in [-0.15, -0.1) is 0 Å². The van der Waals surface area contributed by atoms with Gasteiger partial charge in [-0.2, -0.15) is 5.10 Å². The fraction of sp³-hybridized carbons (Fsp3) is 0.357. The summed E-state index contributed by atoms with van der Waals surface area (Å²) in [6.45, 7) is 6.22. The molecule has 0 unspecified atom stereocenters. The Hall–Kier alpha value is -2.37. The molecule has 0 spiro atoms. The molecule has 1 aromatic heterocycles. The van der Waals surface area contributed by atoms with Crippen molar-refractivity contribution >= 4 is 5.91 Å². The molecule has 1 amide bonds. The lowest BCUT2D eigenvalue weighted by atomic mass is 10.1. The quantitative estimate of drug-likeness (QED) is 0.891. The second-order valence-electron chi connectivity index (χ2n) is 4.58. The Bertz CT molecular complexity index is 621. The highest BCUT2D eigenvalue weighted by molar-refractivity contribution is 5.96. The third-order valence-corrected chi connectivity index (χ3v) is 3.23. The zero-order chi connectivity index (χ0) is 14.7. The van der Waals surface area contributed by atoms with E-state index in [0.29, 0.717) is 23.5 Å². The Morgan fingerprint density at radius 1 is 1.50 bits per heavy atom. The van der Waals surface area contributed by atoms with E-state index in [1.54, 1.807) is 29.8 Å². The molecule has 106 valence electrons. The first-order valence-corrected chi connectivity index (χ1v) is 6.51. The SMILES string of the molecule is CCn1ncnc1[C@H](C)NC(=O)c1cccc(O)c1C. The fourth-order valence-electron chi connectivity index (χ4n) is 2.06. The third kappa shape index (κ3) is 2.64. The molecule has 1 aromatic carbocycles. The van der Waals surface area contributed by atoms with E-state index < -0.39 is 0 Å². The molecule has 0 aliphatic carbocycles. The van der Waals surface area contributed by atoms with Crippen LogP contribution in [0.1, 0.15) is 41.6 Å². The van der Waals surface area contributed by atoms with Crippen LogP contribution in [0.15, 0.2) is 24.5 Å². The predicted molar refractivity (Wildman–Crippen MR) is 74.4 cm³/mol. The van der Waals surface area contributed by atoms with Crippen molar-refractivity contribution in [3.63, 3.8) is 0 Å². The molecular formula is C14H18N4O2. The molecule has 2 rings (SSSR count). The van der Waals surface area contributed by atoms with Crippen molar-refractivity contribution in [2.45, 2.75) is 33.4 Å². The second kappa shape index (κ2) is 5.73. The smallest absolute Gasteiger partial charge is 0.252 e. The molecule has 2 aromatic rings. The largest absolute Gasteiger partial charge is 0.508 e. The highest BCUT2D eigenvalue weighted by Gasteiger charge is 2.18. The number of benzene rings is 1. The minimum Gasteiger partial charge on any atom is -0.508 e. The number of phenols is 1. The van der Waals surface area contributed by atoms with Crippen molar-refractivity contribution < 1.29 is 9.90 Å². The van der Waals surface area contributed by atoms with Crippen molar-refractivity contribution in [1.82, 2.24) is 20.1 Å². The topological polar surface area (TPSA) is 80.0 Å². The van der Waals surface area contributed by atoms with E-state index in [0.717, 1.165) is 0 Å². The Morgan fingerprint density at radius 2 is 2.25 bits per heavy atom. The van der Waals surface area contributed by atoms with Gasteiger partial charge in [0.1, 0.15) is 17.9 Å². The zero-order valence-electron chi connectivity index (χ0n) is 11.8. The number of amides is 1. The van der Waals surface area contributed by atoms with Gasteiger partial charge in [0.25, 0.3) is 5.91 Å². The highest BCUT2D eigenvalue weighted by Crippen LogP contribution is 2.20. The van der Waals surface area contributed by atoms with Gasteiger partial charge in [0.05, 0.1) is 6.04 Å². The molecule has 0 saturated carbocycles. The maximum absolute atomic E-state index is 12.2. The first-order valence-electron chi connectivity index (χ1n) is 6.51. The van der Waals surface area contributed by atoms with Crippen molar-refractivity contribution in [3.05, 3.63) is 41.5 Å². The summed E-state index contributed by atoms with van der Waals surface area (Å²) >= 11 is 0. The van der Waals surface area contributed by atoms with Crippen LogP contribution in [-0.2, 0) is 6.54 Å². The van der Waals surface area contributed by atoms with Gasteiger partial charge in [-0.1, -0.05) is 6.07 Å².